The molecule has 174 valence electrons. The number of hydrogen-bond donors (Lipinski definition) is 7. The Labute approximate surface area is 178 Å². The third kappa shape index (κ3) is 5.04. The van der Waals surface area contributed by atoms with Crippen LogP contribution in [0.25, 0.3) is 0 Å². The van der Waals surface area contributed by atoms with Crippen molar-refractivity contribution in [2.45, 2.75) is 61.4 Å². The molecule has 0 aliphatic carbocycles. The van der Waals surface area contributed by atoms with Gasteiger partial charge in [0.1, 0.15) is 42.7 Å². The summed E-state index contributed by atoms with van der Waals surface area (Å²) < 4.78 is 28.8. The second-order valence-corrected chi connectivity index (χ2v) is 7.19. The summed E-state index contributed by atoms with van der Waals surface area (Å²) in [4.78, 5) is 12.5. The lowest BCUT2D eigenvalue weighted by molar-refractivity contribution is -0.376. The molecule has 0 amide bonds. The van der Waals surface area contributed by atoms with Gasteiger partial charge in [-0.3, -0.25) is 0 Å². The molecular formula is C19H26O12. The number of esters is 1. The molecule has 12 nitrogen and oxygen atoms in total. The van der Waals surface area contributed by atoms with E-state index in [0.717, 1.165) is 0 Å². The number of ether oxygens (including phenoxy) is 4. The third-order valence-corrected chi connectivity index (χ3v) is 5.11. The molecule has 31 heavy (non-hydrogen) atoms. The SMILES string of the molecule is [2H]c1ccccc1C(=O)O[C@@H]1[C@@H](O)[C@@H](O[C@H]2O[C@H](CO)[C@@H](O)[C@H](O)[C@H]2O)O[C@H](CO)[C@H]1O. The number of carbonyl (C=O) groups excluding carboxylic acids is 1. The van der Waals surface area contributed by atoms with Gasteiger partial charge in [0.25, 0.3) is 0 Å². The first-order chi connectivity index (χ1) is 15.2. The molecule has 0 bridgehead atoms. The maximum atomic E-state index is 12.5. The molecule has 2 aliphatic rings. The van der Waals surface area contributed by atoms with Crippen LogP contribution in [0.15, 0.2) is 30.3 Å². The predicted molar refractivity (Wildman–Crippen MR) is 98.3 cm³/mol. The molecule has 12 heteroatoms. The Morgan fingerprint density at radius 3 is 2.10 bits per heavy atom. The summed E-state index contributed by atoms with van der Waals surface area (Å²) in [5.41, 5.74) is -0.134. The van der Waals surface area contributed by atoms with Crippen LogP contribution >= 0.6 is 0 Å². The van der Waals surface area contributed by atoms with Crippen LogP contribution < -0.4 is 0 Å². The van der Waals surface area contributed by atoms with E-state index in [-0.39, 0.29) is 11.6 Å². The Balaban J connectivity index is 1.77. The maximum Gasteiger partial charge on any atom is 0.338 e. The lowest BCUT2D eigenvalue weighted by atomic mass is 9.98. The van der Waals surface area contributed by atoms with E-state index in [0.29, 0.717) is 0 Å². The fraction of sp³-hybridized carbons (Fsp3) is 0.632. The van der Waals surface area contributed by atoms with Crippen LogP contribution in [-0.4, -0.2) is 116 Å². The van der Waals surface area contributed by atoms with Gasteiger partial charge in [0.2, 0.25) is 0 Å². The van der Waals surface area contributed by atoms with Gasteiger partial charge in [-0.1, -0.05) is 18.2 Å². The lowest BCUT2D eigenvalue weighted by Crippen LogP contribution is -2.64. The number of aliphatic hydroxyl groups excluding tert-OH is 7. The monoisotopic (exact) mass is 447 g/mol. The average molecular weight is 447 g/mol. The zero-order valence-corrected chi connectivity index (χ0v) is 16.2. The fourth-order valence-corrected chi connectivity index (χ4v) is 3.32. The summed E-state index contributed by atoms with van der Waals surface area (Å²) in [6, 6.07) is 5.53. The molecule has 0 saturated carbocycles. The van der Waals surface area contributed by atoms with Crippen LogP contribution in [0.4, 0.5) is 0 Å². The van der Waals surface area contributed by atoms with Gasteiger partial charge in [0.15, 0.2) is 18.7 Å². The normalized spacial score (nSPS) is 41.5. The Morgan fingerprint density at radius 1 is 0.871 bits per heavy atom. The molecule has 3 rings (SSSR count). The smallest absolute Gasteiger partial charge is 0.338 e. The molecule has 2 heterocycles. The highest BCUT2D eigenvalue weighted by Gasteiger charge is 2.51. The number of carbonyl (C=O) groups is 1. The summed E-state index contributed by atoms with van der Waals surface area (Å²) in [5, 5.41) is 69.7. The second kappa shape index (κ2) is 10.3. The first-order valence-corrected chi connectivity index (χ1v) is 9.54. The summed E-state index contributed by atoms with van der Waals surface area (Å²) in [5.74, 6) is -1.02. The summed E-state index contributed by atoms with van der Waals surface area (Å²) in [6.07, 6.45) is -16.5. The highest BCUT2D eigenvalue weighted by atomic mass is 16.8. The molecule has 0 aromatic heterocycles. The van der Waals surface area contributed by atoms with Crippen molar-refractivity contribution in [2.75, 3.05) is 13.2 Å². The van der Waals surface area contributed by atoms with E-state index in [1.807, 2.05) is 0 Å². The molecule has 1 aromatic rings. The van der Waals surface area contributed by atoms with Crippen molar-refractivity contribution in [3.05, 3.63) is 35.9 Å². The van der Waals surface area contributed by atoms with Gasteiger partial charge < -0.3 is 54.7 Å². The Hall–Kier alpha value is -1.71. The second-order valence-electron chi connectivity index (χ2n) is 7.19. The Bertz CT molecular complexity index is 778. The van der Waals surface area contributed by atoms with Crippen LogP contribution in [-0.2, 0) is 18.9 Å². The molecule has 7 N–H and O–H groups in total. The van der Waals surface area contributed by atoms with Gasteiger partial charge in [-0.15, -0.1) is 0 Å². The van der Waals surface area contributed by atoms with Crippen molar-refractivity contribution in [1.82, 2.24) is 0 Å². The van der Waals surface area contributed by atoms with Crippen LogP contribution in [0.2, 0.25) is 0 Å². The van der Waals surface area contributed by atoms with Crippen LogP contribution in [0.3, 0.4) is 0 Å². The zero-order chi connectivity index (χ0) is 23.6. The summed E-state index contributed by atoms with van der Waals surface area (Å²) in [6.45, 7) is -1.48. The van der Waals surface area contributed by atoms with E-state index in [2.05, 4.69) is 0 Å². The van der Waals surface area contributed by atoms with Crippen molar-refractivity contribution in [2.24, 2.45) is 0 Å². The minimum atomic E-state index is -1.85. The molecule has 0 radical (unpaired) electrons. The van der Waals surface area contributed by atoms with E-state index >= 15 is 0 Å². The van der Waals surface area contributed by atoms with Gasteiger partial charge in [0.05, 0.1) is 20.1 Å². The van der Waals surface area contributed by atoms with E-state index in [1.165, 1.54) is 24.3 Å². The molecular weight excluding hydrogens is 420 g/mol. The van der Waals surface area contributed by atoms with Crippen molar-refractivity contribution >= 4 is 5.97 Å². The highest BCUT2D eigenvalue weighted by molar-refractivity contribution is 5.89. The van der Waals surface area contributed by atoms with Crippen LogP contribution in [0.5, 0.6) is 0 Å². The first-order valence-electron chi connectivity index (χ1n) is 10.0. The average Bonchev–Trinajstić information content (AvgIpc) is 2.78. The fourth-order valence-electron chi connectivity index (χ4n) is 3.32. The van der Waals surface area contributed by atoms with E-state index < -0.39 is 80.6 Å². The van der Waals surface area contributed by atoms with Gasteiger partial charge >= 0.3 is 5.97 Å². The maximum absolute atomic E-state index is 12.5. The predicted octanol–water partition coefficient (Wildman–Crippen LogP) is -3.53. The van der Waals surface area contributed by atoms with Gasteiger partial charge in [-0.05, 0) is 12.1 Å². The van der Waals surface area contributed by atoms with Gasteiger partial charge in [-0.2, -0.15) is 0 Å². The van der Waals surface area contributed by atoms with Crippen molar-refractivity contribution in [3.63, 3.8) is 0 Å². The number of aliphatic hydroxyl groups is 7. The first kappa shape index (κ1) is 22.5. The molecule has 10 atom stereocenters. The number of benzene rings is 1. The largest absolute Gasteiger partial charge is 0.453 e. The minimum Gasteiger partial charge on any atom is -0.453 e. The number of rotatable bonds is 6. The molecule has 2 fully saturated rings. The molecule has 2 aliphatic heterocycles. The van der Waals surface area contributed by atoms with Crippen molar-refractivity contribution in [3.8, 4) is 0 Å². The van der Waals surface area contributed by atoms with E-state index in [1.54, 1.807) is 0 Å². The zero-order valence-electron chi connectivity index (χ0n) is 17.2. The van der Waals surface area contributed by atoms with E-state index in [9.17, 15) is 40.5 Å². The Kier molecular flexibility index (Phi) is 7.45. The quantitative estimate of drug-likeness (QED) is 0.213. The lowest BCUT2D eigenvalue weighted by Gasteiger charge is -2.45. The Morgan fingerprint density at radius 2 is 1.48 bits per heavy atom. The third-order valence-electron chi connectivity index (χ3n) is 5.11. The molecule has 0 spiro atoms. The van der Waals surface area contributed by atoms with Gasteiger partial charge in [-0.25, -0.2) is 4.79 Å². The topological polar surface area (TPSA) is 196 Å². The molecule has 2 saturated heterocycles. The molecule has 0 unspecified atom stereocenters. The standard InChI is InChI=1S/C19H26O12/c20-6-9-11(22)13(24)14(25)18(28-9)31-19-15(26)16(12(23)10(7-21)29-19)30-17(27)8-4-2-1-3-5-8/h1-5,9-16,18-26H,6-7H2/t9-,10-,11-,12-,13+,14-,15-,16+,18-,19-/m1/s1/i4D. The minimum absolute atomic E-state index is 0.134. The highest BCUT2D eigenvalue weighted by Crippen LogP contribution is 2.29. The summed E-state index contributed by atoms with van der Waals surface area (Å²) in [7, 11) is 0. The summed E-state index contributed by atoms with van der Waals surface area (Å²) >= 11 is 0. The van der Waals surface area contributed by atoms with E-state index in [4.69, 9.17) is 20.3 Å². The van der Waals surface area contributed by atoms with Crippen LogP contribution in [0.1, 0.15) is 11.7 Å². The van der Waals surface area contributed by atoms with Crippen LogP contribution in [0, 0.1) is 0 Å². The molecule has 1 aromatic carbocycles. The van der Waals surface area contributed by atoms with Gasteiger partial charge in [0, 0.05) is 0 Å². The number of hydrogen-bond acceptors (Lipinski definition) is 12. The van der Waals surface area contributed by atoms with Crippen molar-refractivity contribution in [1.29, 1.82) is 0 Å². The van der Waals surface area contributed by atoms with Crippen molar-refractivity contribution < 1.29 is 60.9 Å².